The van der Waals surface area contributed by atoms with Crippen molar-refractivity contribution in [2.45, 2.75) is 17.7 Å². The van der Waals surface area contributed by atoms with E-state index in [2.05, 4.69) is 0 Å². The third kappa shape index (κ3) is 2.78. The van der Waals surface area contributed by atoms with E-state index in [0.29, 0.717) is 18.4 Å². The third-order valence-electron chi connectivity index (χ3n) is 3.37. The van der Waals surface area contributed by atoms with Crippen LogP contribution in [-0.2, 0) is 23.0 Å². The molecule has 19 heavy (non-hydrogen) atoms. The van der Waals surface area contributed by atoms with Crippen molar-refractivity contribution < 1.29 is 42.5 Å². The molecule has 2 aromatic carbocycles. The maximum absolute atomic E-state index is 11.3. The summed E-state index contributed by atoms with van der Waals surface area (Å²) in [6, 6.07) is 12.8. The zero-order valence-electron chi connectivity index (χ0n) is 10.6. The zero-order valence-corrected chi connectivity index (χ0v) is 13.4. The Kier molecular flexibility index (Phi) is 4.18. The molecule has 0 bridgehead atoms. The van der Waals surface area contributed by atoms with Crippen molar-refractivity contribution >= 4 is 10.1 Å². The van der Waals surface area contributed by atoms with E-state index in [4.69, 9.17) is 0 Å². The van der Waals surface area contributed by atoms with E-state index in [0.717, 1.165) is 11.1 Å². The van der Waals surface area contributed by atoms with Gasteiger partial charge in [0.05, 0.1) is 4.90 Å². The SMILES string of the molecule is O=S(=O)([O-])c1cccc2c1Cc1ccccc1C2.[Na+]. The summed E-state index contributed by atoms with van der Waals surface area (Å²) in [6.07, 6.45) is 1.21. The standard InChI is InChI=1S/C14H12O3S.Na/c15-18(16,17)14-7-3-6-12-8-10-4-1-2-5-11(10)9-13(12)14;/h1-7H,8-9H2,(H,15,16,17);/q;+1/p-1. The average Bonchev–Trinajstić information content (AvgIpc) is 2.34. The summed E-state index contributed by atoms with van der Waals surface area (Å²) in [6.45, 7) is 0. The van der Waals surface area contributed by atoms with E-state index in [-0.39, 0.29) is 34.5 Å². The Hall–Kier alpha value is -0.650. The second-order valence-electron chi connectivity index (χ2n) is 4.47. The minimum Gasteiger partial charge on any atom is -0.744 e. The maximum Gasteiger partial charge on any atom is 1.00 e. The third-order valence-corrected chi connectivity index (χ3v) is 4.29. The van der Waals surface area contributed by atoms with Crippen molar-refractivity contribution in [3.63, 3.8) is 0 Å². The van der Waals surface area contributed by atoms with Crippen LogP contribution in [-0.4, -0.2) is 13.0 Å². The number of benzene rings is 2. The van der Waals surface area contributed by atoms with Crippen LogP contribution >= 0.6 is 0 Å². The summed E-state index contributed by atoms with van der Waals surface area (Å²) in [7, 11) is -4.40. The largest absolute Gasteiger partial charge is 1.00 e. The Morgan fingerprint density at radius 2 is 1.42 bits per heavy atom. The molecule has 0 amide bonds. The monoisotopic (exact) mass is 282 g/mol. The van der Waals surface area contributed by atoms with Crippen LogP contribution in [0.3, 0.4) is 0 Å². The van der Waals surface area contributed by atoms with Gasteiger partial charge in [0.25, 0.3) is 0 Å². The Bertz CT molecular complexity index is 723. The zero-order chi connectivity index (χ0) is 12.8. The number of hydrogen-bond donors (Lipinski definition) is 0. The fourth-order valence-corrected chi connectivity index (χ4v) is 3.26. The summed E-state index contributed by atoms with van der Waals surface area (Å²) in [5, 5.41) is 0. The van der Waals surface area contributed by atoms with E-state index in [9.17, 15) is 13.0 Å². The van der Waals surface area contributed by atoms with Crippen LogP contribution in [0.15, 0.2) is 47.4 Å². The predicted molar refractivity (Wildman–Crippen MR) is 66.5 cm³/mol. The van der Waals surface area contributed by atoms with E-state index >= 15 is 0 Å². The summed E-state index contributed by atoms with van der Waals surface area (Å²) in [5.41, 5.74) is 3.89. The van der Waals surface area contributed by atoms with Crippen LogP contribution < -0.4 is 29.6 Å². The first kappa shape index (κ1) is 14.8. The summed E-state index contributed by atoms with van der Waals surface area (Å²) in [4.78, 5) is -0.0745. The van der Waals surface area contributed by atoms with Crippen molar-refractivity contribution in [3.8, 4) is 0 Å². The van der Waals surface area contributed by atoms with E-state index < -0.39 is 10.1 Å². The van der Waals surface area contributed by atoms with Crippen molar-refractivity contribution in [1.29, 1.82) is 0 Å². The molecule has 92 valence electrons. The van der Waals surface area contributed by atoms with E-state index in [1.807, 2.05) is 30.3 Å². The van der Waals surface area contributed by atoms with Crippen LogP contribution in [0, 0.1) is 0 Å². The minimum atomic E-state index is -4.40. The first-order valence-electron chi connectivity index (χ1n) is 5.69. The van der Waals surface area contributed by atoms with Crippen LogP contribution in [0.5, 0.6) is 0 Å². The Balaban J connectivity index is 0.00000133. The van der Waals surface area contributed by atoms with Gasteiger partial charge in [-0.1, -0.05) is 36.4 Å². The van der Waals surface area contributed by atoms with Gasteiger partial charge in [-0.15, -0.1) is 0 Å². The first-order valence-corrected chi connectivity index (χ1v) is 7.10. The molecule has 0 fully saturated rings. The van der Waals surface area contributed by atoms with Crippen molar-refractivity contribution in [1.82, 2.24) is 0 Å². The molecule has 1 aliphatic carbocycles. The van der Waals surface area contributed by atoms with Gasteiger partial charge in [0, 0.05) is 0 Å². The second kappa shape index (κ2) is 5.38. The molecule has 0 N–H and O–H groups in total. The Morgan fingerprint density at radius 1 is 0.842 bits per heavy atom. The first-order chi connectivity index (χ1) is 8.55. The Labute approximate surface area is 134 Å². The second-order valence-corrected chi connectivity index (χ2v) is 5.82. The molecule has 0 saturated heterocycles. The molecule has 5 heteroatoms. The van der Waals surface area contributed by atoms with E-state index in [1.54, 1.807) is 6.07 Å². The van der Waals surface area contributed by atoms with E-state index in [1.165, 1.54) is 11.6 Å². The van der Waals surface area contributed by atoms with Gasteiger partial charge in [-0.2, -0.15) is 0 Å². The number of hydrogen-bond acceptors (Lipinski definition) is 3. The van der Waals surface area contributed by atoms with Crippen LogP contribution in [0.25, 0.3) is 0 Å². The maximum atomic E-state index is 11.3. The van der Waals surface area contributed by atoms with Crippen LogP contribution in [0.4, 0.5) is 0 Å². The molecule has 0 aromatic heterocycles. The smallest absolute Gasteiger partial charge is 0.744 e. The molecule has 0 spiro atoms. The minimum absolute atomic E-state index is 0. The molecule has 0 atom stereocenters. The van der Waals surface area contributed by atoms with Crippen molar-refractivity contribution in [2.24, 2.45) is 0 Å². The molecule has 0 heterocycles. The molecular weight excluding hydrogens is 271 g/mol. The van der Waals surface area contributed by atoms with Gasteiger partial charge in [0.15, 0.2) is 0 Å². The molecule has 0 saturated carbocycles. The van der Waals surface area contributed by atoms with Gasteiger partial charge in [0.1, 0.15) is 10.1 Å². The van der Waals surface area contributed by atoms with Crippen LogP contribution in [0.1, 0.15) is 22.3 Å². The average molecular weight is 282 g/mol. The van der Waals surface area contributed by atoms with Crippen molar-refractivity contribution in [2.75, 3.05) is 0 Å². The van der Waals surface area contributed by atoms with Gasteiger partial charge >= 0.3 is 29.6 Å². The van der Waals surface area contributed by atoms with Gasteiger partial charge in [-0.05, 0) is 41.2 Å². The van der Waals surface area contributed by atoms with Gasteiger partial charge in [-0.3, -0.25) is 0 Å². The predicted octanol–water partition coefficient (Wildman–Crippen LogP) is -0.910. The van der Waals surface area contributed by atoms with Crippen LogP contribution in [0.2, 0.25) is 0 Å². The quantitative estimate of drug-likeness (QED) is 0.429. The van der Waals surface area contributed by atoms with Gasteiger partial charge < -0.3 is 4.55 Å². The summed E-state index contributed by atoms with van der Waals surface area (Å²) in [5.74, 6) is 0. The Morgan fingerprint density at radius 3 is 2.05 bits per heavy atom. The molecule has 3 nitrogen and oxygen atoms in total. The fourth-order valence-electron chi connectivity index (χ4n) is 2.51. The molecule has 0 unspecified atom stereocenters. The molecule has 3 rings (SSSR count). The molecule has 0 aliphatic heterocycles. The van der Waals surface area contributed by atoms with Gasteiger partial charge in [-0.25, -0.2) is 8.42 Å². The number of fused-ring (bicyclic) bond motifs is 2. The molecule has 1 aliphatic rings. The summed E-state index contributed by atoms with van der Waals surface area (Å²) < 4.78 is 33.8. The molecular formula is C14H11NaO3S. The molecule has 2 aromatic rings. The van der Waals surface area contributed by atoms with Gasteiger partial charge in [0.2, 0.25) is 0 Å². The normalized spacial score (nSPS) is 13.1. The summed E-state index contributed by atoms with van der Waals surface area (Å²) >= 11 is 0. The topological polar surface area (TPSA) is 57.2 Å². The number of rotatable bonds is 1. The van der Waals surface area contributed by atoms with Crippen molar-refractivity contribution in [3.05, 3.63) is 64.7 Å². The fraction of sp³-hybridized carbons (Fsp3) is 0.143. The molecule has 0 radical (unpaired) electrons.